The van der Waals surface area contributed by atoms with Crippen molar-refractivity contribution in [2.75, 3.05) is 5.32 Å². The van der Waals surface area contributed by atoms with Crippen LogP contribution in [0.3, 0.4) is 0 Å². The molecule has 0 saturated heterocycles. The molecule has 0 fully saturated rings. The van der Waals surface area contributed by atoms with Gasteiger partial charge in [-0.15, -0.1) is 0 Å². The van der Waals surface area contributed by atoms with E-state index >= 15 is 0 Å². The predicted octanol–water partition coefficient (Wildman–Crippen LogP) is 3.46. The van der Waals surface area contributed by atoms with Gasteiger partial charge in [0.2, 0.25) is 0 Å². The van der Waals surface area contributed by atoms with Gasteiger partial charge < -0.3 is 14.8 Å². The zero-order valence-electron chi connectivity index (χ0n) is 10.7. The maximum atomic E-state index is 10.7. The molecule has 1 aromatic carbocycles. The summed E-state index contributed by atoms with van der Waals surface area (Å²) >= 11 is 0. The Balaban J connectivity index is 2.00. The number of hydrogen-bond acceptors (Lipinski definition) is 4. The summed E-state index contributed by atoms with van der Waals surface area (Å²) in [7, 11) is 0. The van der Waals surface area contributed by atoms with Crippen molar-refractivity contribution < 1.29 is 14.3 Å². The van der Waals surface area contributed by atoms with Crippen molar-refractivity contribution in [1.82, 2.24) is 4.98 Å². The van der Waals surface area contributed by atoms with Crippen LogP contribution >= 0.6 is 0 Å². The molecule has 1 heterocycles. The lowest BCUT2D eigenvalue weighted by Crippen LogP contribution is -1.97. The van der Waals surface area contributed by atoms with Crippen LogP contribution in [0.5, 0.6) is 0 Å². The minimum Gasteiger partial charge on any atom is -0.476 e. The number of benzene rings is 1. The van der Waals surface area contributed by atoms with Crippen molar-refractivity contribution in [1.29, 1.82) is 0 Å². The quantitative estimate of drug-likeness (QED) is 0.831. The second-order valence-electron chi connectivity index (χ2n) is 4.27. The minimum atomic E-state index is -1.10. The largest absolute Gasteiger partial charge is 0.476 e. The van der Waals surface area contributed by atoms with E-state index in [1.807, 2.05) is 24.3 Å². The van der Waals surface area contributed by atoms with Crippen LogP contribution in [0, 0.1) is 0 Å². The Hall–Kier alpha value is -2.30. The second-order valence-corrected chi connectivity index (χ2v) is 4.27. The molecule has 0 saturated carbocycles. The van der Waals surface area contributed by atoms with Crippen molar-refractivity contribution in [2.24, 2.45) is 0 Å². The fourth-order valence-corrected chi connectivity index (χ4v) is 1.69. The van der Waals surface area contributed by atoms with Crippen molar-refractivity contribution >= 4 is 17.7 Å². The van der Waals surface area contributed by atoms with Crippen LogP contribution in [0.15, 0.2) is 34.9 Å². The van der Waals surface area contributed by atoms with E-state index in [1.54, 1.807) is 0 Å². The van der Waals surface area contributed by atoms with E-state index in [9.17, 15) is 4.79 Å². The third-order valence-electron chi connectivity index (χ3n) is 2.75. The average molecular weight is 260 g/mol. The van der Waals surface area contributed by atoms with E-state index in [-0.39, 0.29) is 11.7 Å². The summed E-state index contributed by atoms with van der Waals surface area (Å²) < 4.78 is 5.02. The summed E-state index contributed by atoms with van der Waals surface area (Å²) in [6.07, 6.45) is 4.53. The second kappa shape index (κ2) is 6.04. The molecule has 0 unspecified atom stereocenters. The standard InChI is InChI=1S/C14H16N2O3/c1-2-3-4-10-5-7-11(8-6-10)15-14-16-12(9-19-14)13(17)18/h5-9H,2-4H2,1H3,(H,15,16)(H,17,18). The molecule has 1 aromatic heterocycles. The number of anilines is 2. The molecule has 0 amide bonds. The highest BCUT2D eigenvalue weighted by Crippen LogP contribution is 2.17. The number of hydrogen-bond donors (Lipinski definition) is 2. The van der Waals surface area contributed by atoms with Crippen molar-refractivity contribution in [2.45, 2.75) is 26.2 Å². The van der Waals surface area contributed by atoms with Crippen molar-refractivity contribution in [3.63, 3.8) is 0 Å². The summed E-state index contributed by atoms with van der Waals surface area (Å²) in [6, 6.07) is 8.11. The topological polar surface area (TPSA) is 75.4 Å². The van der Waals surface area contributed by atoms with Gasteiger partial charge in [-0.3, -0.25) is 0 Å². The molecular formula is C14H16N2O3. The number of aromatic nitrogens is 1. The lowest BCUT2D eigenvalue weighted by Gasteiger charge is -2.03. The molecular weight excluding hydrogens is 244 g/mol. The SMILES string of the molecule is CCCCc1ccc(Nc2nc(C(=O)O)co2)cc1. The maximum absolute atomic E-state index is 10.7. The summed E-state index contributed by atoms with van der Waals surface area (Å²) in [4.78, 5) is 14.5. The molecule has 19 heavy (non-hydrogen) atoms. The molecule has 5 heteroatoms. The van der Waals surface area contributed by atoms with Crippen LogP contribution in [-0.2, 0) is 6.42 Å². The number of nitrogens with one attached hydrogen (secondary N) is 1. The number of nitrogens with zero attached hydrogens (tertiary/aromatic N) is 1. The van der Waals surface area contributed by atoms with Gasteiger partial charge in [0.25, 0.3) is 6.01 Å². The molecule has 2 rings (SSSR count). The van der Waals surface area contributed by atoms with E-state index < -0.39 is 5.97 Å². The van der Waals surface area contributed by atoms with Gasteiger partial charge in [-0.1, -0.05) is 25.5 Å². The first-order valence-corrected chi connectivity index (χ1v) is 6.24. The monoisotopic (exact) mass is 260 g/mol. The van der Waals surface area contributed by atoms with Crippen LogP contribution in [0.4, 0.5) is 11.7 Å². The molecule has 2 N–H and O–H groups in total. The first-order valence-electron chi connectivity index (χ1n) is 6.24. The average Bonchev–Trinajstić information content (AvgIpc) is 2.87. The van der Waals surface area contributed by atoms with E-state index in [0.717, 1.165) is 18.4 Å². The molecule has 0 bridgehead atoms. The smallest absolute Gasteiger partial charge is 0.357 e. The van der Waals surface area contributed by atoms with Gasteiger partial charge in [0.05, 0.1) is 0 Å². The number of aryl methyl sites for hydroxylation is 1. The number of aromatic carboxylic acids is 1. The summed E-state index contributed by atoms with van der Waals surface area (Å²) in [5.41, 5.74) is 1.99. The van der Waals surface area contributed by atoms with Gasteiger partial charge in [-0.2, -0.15) is 4.98 Å². The van der Waals surface area contributed by atoms with Crippen molar-refractivity contribution in [3.8, 4) is 0 Å². The molecule has 0 aliphatic heterocycles. The predicted molar refractivity (Wildman–Crippen MR) is 71.8 cm³/mol. The number of unbranched alkanes of at least 4 members (excludes halogenated alkanes) is 1. The Labute approximate surface area is 111 Å². The van der Waals surface area contributed by atoms with Gasteiger partial charge in [-0.25, -0.2) is 4.79 Å². The van der Waals surface area contributed by atoms with Gasteiger partial charge in [0.15, 0.2) is 5.69 Å². The number of oxazole rings is 1. The number of carboxylic acid groups (broad SMARTS) is 1. The highest BCUT2D eigenvalue weighted by atomic mass is 16.4. The van der Waals surface area contributed by atoms with Crippen molar-refractivity contribution in [3.05, 3.63) is 41.8 Å². The van der Waals surface area contributed by atoms with Crippen LogP contribution in [0.1, 0.15) is 35.8 Å². The molecule has 0 atom stereocenters. The third kappa shape index (κ3) is 3.58. The van der Waals surface area contributed by atoms with Crippen LogP contribution in [-0.4, -0.2) is 16.1 Å². The van der Waals surface area contributed by atoms with Crippen LogP contribution in [0.25, 0.3) is 0 Å². The Morgan fingerprint density at radius 1 is 1.37 bits per heavy atom. The Bertz CT molecular complexity index is 546. The maximum Gasteiger partial charge on any atom is 0.357 e. The Morgan fingerprint density at radius 2 is 2.11 bits per heavy atom. The Kier molecular flexibility index (Phi) is 4.18. The number of carboxylic acids is 1. The molecule has 5 nitrogen and oxygen atoms in total. The normalized spacial score (nSPS) is 10.4. The van der Waals surface area contributed by atoms with E-state index in [4.69, 9.17) is 9.52 Å². The van der Waals surface area contributed by atoms with E-state index in [2.05, 4.69) is 17.2 Å². The zero-order valence-corrected chi connectivity index (χ0v) is 10.7. The van der Waals surface area contributed by atoms with Gasteiger partial charge in [0, 0.05) is 5.69 Å². The van der Waals surface area contributed by atoms with E-state index in [1.165, 1.54) is 18.4 Å². The summed E-state index contributed by atoms with van der Waals surface area (Å²) in [5.74, 6) is -1.10. The summed E-state index contributed by atoms with van der Waals surface area (Å²) in [6.45, 7) is 2.17. The van der Waals surface area contributed by atoms with Gasteiger partial charge in [0.1, 0.15) is 6.26 Å². The molecule has 0 aliphatic carbocycles. The van der Waals surface area contributed by atoms with Gasteiger partial charge >= 0.3 is 5.97 Å². The molecule has 100 valence electrons. The highest BCUT2D eigenvalue weighted by molar-refractivity contribution is 5.85. The molecule has 0 aliphatic rings. The molecule has 2 aromatic rings. The van der Waals surface area contributed by atoms with Crippen LogP contribution in [0.2, 0.25) is 0 Å². The highest BCUT2D eigenvalue weighted by Gasteiger charge is 2.10. The van der Waals surface area contributed by atoms with Gasteiger partial charge in [-0.05, 0) is 30.5 Å². The Morgan fingerprint density at radius 3 is 2.68 bits per heavy atom. The first kappa shape index (κ1) is 13.1. The zero-order chi connectivity index (χ0) is 13.7. The first-order chi connectivity index (χ1) is 9.19. The third-order valence-corrected chi connectivity index (χ3v) is 2.75. The number of carbonyl (C=O) groups is 1. The fourth-order valence-electron chi connectivity index (χ4n) is 1.69. The lowest BCUT2D eigenvalue weighted by atomic mass is 10.1. The number of rotatable bonds is 6. The fraction of sp³-hybridized carbons (Fsp3) is 0.286. The minimum absolute atomic E-state index is 0.109. The molecule has 0 radical (unpaired) electrons. The van der Waals surface area contributed by atoms with E-state index in [0.29, 0.717) is 0 Å². The molecule has 0 spiro atoms. The summed E-state index contributed by atoms with van der Waals surface area (Å²) in [5, 5.41) is 11.7. The van der Waals surface area contributed by atoms with Crippen LogP contribution < -0.4 is 5.32 Å². The lowest BCUT2D eigenvalue weighted by molar-refractivity contribution is 0.0690.